The van der Waals surface area contributed by atoms with E-state index in [2.05, 4.69) is 5.43 Å². The van der Waals surface area contributed by atoms with Crippen molar-refractivity contribution in [1.82, 2.24) is 15.6 Å². The number of hydrogen-bond acceptors (Lipinski definition) is 5. The van der Waals surface area contributed by atoms with Crippen molar-refractivity contribution in [2.24, 2.45) is 0 Å². The van der Waals surface area contributed by atoms with Gasteiger partial charge in [0, 0.05) is 20.1 Å². The van der Waals surface area contributed by atoms with Gasteiger partial charge < -0.3 is 9.84 Å². The van der Waals surface area contributed by atoms with Crippen LogP contribution in [0, 0.1) is 0 Å². The highest BCUT2D eigenvalue weighted by Gasteiger charge is 2.33. The maximum atomic E-state index is 9.69. The van der Waals surface area contributed by atoms with Crippen LogP contribution in [0.1, 0.15) is 26.7 Å². The molecule has 5 nitrogen and oxygen atoms in total. The lowest BCUT2D eigenvalue weighted by Crippen LogP contribution is -2.54. The van der Waals surface area contributed by atoms with Crippen LogP contribution in [-0.2, 0) is 4.74 Å². The molecule has 1 aliphatic rings. The van der Waals surface area contributed by atoms with Crippen molar-refractivity contribution in [1.29, 1.82) is 0 Å². The van der Waals surface area contributed by atoms with E-state index in [1.54, 1.807) is 5.01 Å². The van der Waals surface area contributed by atoms with E-state index >= 15 is 0 Å². The first-order chi connectivity index (χ1) is 6.56. The normalized spacial score (nSPS) is 19.7. The quantitative estimate of drug-likeness (QED) is 0.475. The van der Waals surface area contributed by atoms with Crippen LogP contribution in [0.5, 0.6) is 0 Å². The van der Waals surface area contributed by atoms with Gasteiger partial charge in [0.15, 0.2) is 0 Å². The average molecular weight is 203 g/mol. The van der Waals surface area contributed by atoms with Crippen LogP contribution in [0.3, 0.4) is 0 Å². The summed E-state index contributed by atoms with van der Waals surface area (Å²) in [6.07, 6.45) is 1.47. The third-order valence-corrected chi connectivity index (χ3v) is 2.18. The molecule has 84 valence electrons. The molecule has 0 amide bonds. The molecule has 2 N–H and O–H groups in total. The van der Waals surface area contributed by atoms with Crippen LogP contribution in [0.4, 0.5) is 0 Å². The molecule has 0 radical (unpaired) electrons. The molecule has 0 aliphatic heterocycles. The fourth-order valence-electron chi connectivity index (χ4n) is 1.35. The predicted molar refractivity (Wildman–Crippen MR) is 53.9 cm³/mol. The van der Waals surface area contributed by atoms with Crippen LogP contribution < -0.4 is 5.43 Å². The number of rotatable bonds is 6. The molecular weight excluding hydrogens is 182 g/mol. The zero-order valence-corrected chi connectivity index (χ0v) is 9.40. The summed E-state index contributed by atoms with van der Waals surface area (Å²) in [5.74, 6) is 0. The van der Waals surface area contributed by atoms with Gasteiger partial charge >= 0.3 is 0 Å². The molecule has 0 spiro atoms. The summed E-state index contributed by atoms with van der Waals surface area (Å²) in [6, 6.07) is 0.496. The molecule has 1 unspecified atom stereocenters. The second-order valence-electron chi connectivity index (χ2n) is 3.88. The Morgan fingerprint density at radius 2 is 2.00 bits per heavy atom. The SMILES string of the molecule is CNN(C1CC1)N(C)C(O)OC(C)C. The summed E-state index contributed by atoms with van der Waals surface area (Å²) < 4.78 is 5.27. The Labute approximate surface area is 85.6 Å². The van der Waals surface area contributed by atoms with Crippen molar-refractivity contribution in [2.75, 3.05) is 14.1 Å². The zero-order valence-electron chi connectivity index (χ0n) is 9.40. The summed E-state index contributed by atoms with van der Waals surface area (Å²) in [4.78, 5) is 0. The first-order valence-corrected chi connectivity index (χ1v) is 5.09. The molecule has 0 heterocycles. The van der Waals surface area contributed by atoms with Gasteiger partial charge in [0.2, 0.25) is 6.41 Å². The van der Waals surface area contributed by atoms with Crippen LogP contribution >= 0.6 is 0 Å². The van der Waals surface area contributed by atoms with E-state index in [1.165, 1.54) is 12.8 Å². The minimum atomic E-state index is -0.886. The Balaban J connectivity index is 2.39. The molecule has 14 heavy (non-hydrogen) atoms. The fourth-order valence-corrected chi connectivity index (χ4v) is 1.35. The van der Waals surface area contributed by atoms with E-state index in [4.69, 9.17) is 4.74 Å². The van der Waals surface area contributed by atoms with Crippen molar-refractivity contribution in [2.45, 2.75) is 45.2 Å². The number of hydrazine groups is 2. The zero-order chi connectivity index (χ0) is 10.7. The Morgan fingerprint density at radius 3 is 2.36 bits per heavy atom. The Bertz CT molecular complexity index is 173. The number of aliphatic hydroxyl groups excluding tert-OH is 1. The lowest BCUT2D eigenvalue weighted by molar-refractivity contribution is -0.276. The van der Waals surface area contributed by atoms with Gasteiger partial charge in [0.1, 0.15) is 0 Å². The van der Waals surface area contributed by atoms with Crippen LogP contribution in [0.2, 0.25) is 0 Å². The molecule has 1 saturated carbocycles. The summed E-state index contributed by atoms with van der Waals surface area (Å²) >= 11 is 0. The summed E-state index contributed by atoms with van der Waals surface area (Å²) in [7, 11) is 3.65. The summed E-state index contributed by atoms with van der Waals surface area (Å²) in [6.45, 7) is 3.80. The molecule has 0 bridgehead atoms. The molecule has 0 aromatic heterocycles. The van der Waals surface area contributed by atoms with Gasteiger partial charge in [-0.3, -0.25) is 0 Å². The van der Waals surface area contributed by atoms with E-state index in [0.29, 0.717) is 6.04 Å². The maximum Gasteiger partial charge on any atom is 0.230 e. The first kappa shape index (κ1) is 11.9. The smallest absolute Gasteiger partial charge is 0.230 e. The second kappa shape index (κ2) is 5.04. The van der Waals surface area contributed by atoms with Gasteiger partial charge in [-0.25, -0.2) is 5.43 Å². The Kier molecular flexibility index (Phi) is 4.28. The second-order valence-corrected chi connectivity index (χ2v) is 3.88. The molecule has 0 aromatic rings. The monoisotopic (exact) mass is 203 g/mol. The van der Waals surface area contributed by atoms with Gasteiger partial charge in [-0.2, -0.15) is 10.1 Å². The molecule has 1 fully saturated rings. The Hall–Kier alpha value is -0.200. The lowest BCUT2D eigenvalue weighted by atomic mass is 10.5. The Morgan fingerprint density at radius 1 is 1.43 bits per heavy atom. The number of nitrogens with one attached hydrogen (secondary N) is 1. The van der Waals surface area contributed by atoms with Crippen molar-refractivity contribution >= 4 is 0 Å². The standard InChI is InChI=1S/C9H21N3O2/c1-7(2)14-9(13)11(4)12(10-3)8-5-6-8/h7-10,13H,5-6H2,1-4H3. The third kappa shape index (κ3) is 3.18. The van der Waals surface area contributed by atoms with Crippen molar-refractivity contribution in [3.63, 3.8) is 0 Å². The summed E-state index contributed by atoms with van der Waals surface area (Å²) in [5, 5.41) is 13.3. The van der Waals surface area contributed by atoms with Crippen molar-refractivity contribution in [3.8, 4) is 0 Å². The van der Waals surface area contributed by atoms with Crippen LogP contribution in [0.15, 0.2) is 0 Å². The number of nitrogens with zero attached hydrogens (tertiary/aromatic N) is 2. The highest BCUT2D eigenvalue weighted by atomic mass is 16.6. The van der Waals surface area contributed by atoms with E-state index < -0.39 is 6.41 Å². The predicted octanol–water partition coefficient (Wildman–Crippen LogP) is 0.133. The van der Waals surface area contributed by atoms with E-state index in [0.717, 1.165) is 0 Å². The van der Waals surface area contributed by atoms with E-state index in [-0.39, 0.29) is 6.10 Å². The van der Waals surface area contributed by atoms with Gasteiger partial charge in [-0.1, -0.05) is 0 Å². The van der Waals surface area contributed by atoms with Gasteiger partial charge in [0.05, 0.1) is 6.10 Å². The van der Waals surface area contributed by atoms with Gasteiger partial charge in [0.25, 0.3) is 0 Å². The first-order valence-electron chi connectivity index (χ1n) is 5.09. The molecular formula is C9H21N3O2. The maximum absolute atomic E-state index is 9.69. The molecule has 1 atom stereocenters. The molecule has 1 rings (SSSR count). The lowest BCUT2D eigenvalue weighted by Gasteiger charge is -2.34. The van der Waals surface area contributed by atoms with Gasteiger partial charge in [-0.05, 0) is 26.7 Å². The largest absolute Gasteiger partial charge is 0.355 e. The molecule has 0 saturated heterocycles. The molecule has 5 heteroatoms. The third-order valence-electron chi connectivity index (χ3n) is 2.18. The molecule has 0 aromatic carbocycles. The molecule has 1 aliphatic carbocycles. The topological polar surface area (TPSA) is 48.0 Å². The van der Waals surface area contributed by atoms with E-state index in [9.17, 15) is 5.11 Å². The fraction of sp³-hybridized carbons (Fsp3) is 1.00. The highest BCUT2D eigenvalue weighted by Crippen LogP contribution is 2.26. The number of ether oxygens (including phenoxy) is 1. The summed E-state index contributed by atoms with van der Waals surface area (Å²) in [5.41, 5.74) is 3.04. The minimum Gasteiger partial charge on any atom is -0.355 e. The minimum absolute atomic E-state index is 0.0189. The van der Waals surface area contributed by atoms with Crippen LogP contribution in [-0.4, -0.2) is 47.9 Å². The number of hydrogen-bond donors (Lipinski definition) is 2. The van der Waals surface area contributed by atoms with Crippen LogP contribution in [0.25, 0.3) is 0 Å². The highest BCUT2D eigenvalue weighted by molar-refractivity contribution is 4.80. The number of aliphatic hydroxyl groups is 1. The average Bonchev–Trinajstić information content (AvgIpc) is 2.88. The van der Waals surface area contributed by atoms with E-state index in [1.807, 2.05) is 33.1 Å². The van der Waals surface area contributed by atoms with Crippen molar-refractivity contribution in [3.05, 3.63) is 0 Å². The van der Waals surface area contributed by atoms with Crippen molar-refractivity contribution < 1.29 is 9.84 Å². The van der Waals surface area contributed by atoms with Gasteiger partial charge in [-0.15, -0.1) is 0 Å².